The molecule has 0 N–H and O–H groups in total. The fraction of sp³-hybridized carbons (Fsp3) is 0.867. The van der Waals surface area contributed by atoms with Crippen molar-refractivity contribution in [3.63, 3.8) is 0 Å². The molecule has 0 nitrogen and oxygen atoms in total. The summed E-state index contributed by atoms with van der Waals surface area (Å²) < 4.78 is 0. The molecule has 1 saturated carbocycles. The third-order valence-electron chi connectivity index (χ3n) is 4.53. The second-order valence-corrected chi connectivity index (χ2v) is 6.17. The molecule has 3 unspecified atom stereocenters. The van der Waals surface area contributed by atoms with E-state index in [-0.39, 0.29) is 0 Å². The van der Waals surface area contributed by atoms with Crippen molar-refractivity contribution in [1.29, 1.82) is 0 Å². The average molecular weight is 208 g/mol. The van der Waals surface area contributed by atoms with Crippen LogP contribution in [0.15, 0.2) is 12.7 Å². The van der Waals surface area contributed by atoms with Crippen LogP contribution in [0.2, 0.25) is 0 Å². The zero-order valence-electron chi connectivity index (χ0n) is 11.1. The van der Waals surface area contributed by atoms with Gasteiger partial charge < -0.3 is 0 Å². The lowest BCUT2D eigenvalue weighted by Crippen LogP contribution is -2.20. The lowest BCUT2D eigenvalue weighted by atomic mass is 9.74. The standard InChI is InChI=1S/C15H28/c1-6-9-13-11-15(13,5)12-14(4,8-3)10-7-2/h6,13H,1,7-12H2,2-5H3. The largest absolute Gasteiger partial charge is 0.103 e. The summed E-state index contributed by atoms with van der Waals surface area (Å²) in [5, 5.41) is 0. The Morgan fingerprint density at radius 1 is 1.47 bits per heavy atom. The Hall–Kier alpha value is -0.260. The van der Waals surface area contributed by atoms with Gasteiger partial charge in [-0.3, -0.25) is 0 Å². The molecule has 15 heavy (non-hydrogen) atoms. The third-order valence-corrected chi connectivity index (χ3v) is 4.53. The Balaban J connectivity index is 2.49. The van der Waals surface area contributed by atoms with Gasteiger partial charge in [-0.15, -0.1) is 6.58 Å². The van der Waals surface area contributed by atoms with Crippen molar-refractivity contribution in [1.82, 2.24) is 0 Å². The van der Waals surface area contributed by atoms with Gasteiger partial charge in [-0.2, -0.15) is 0 Å². The molecular weight excluding hydrogens is 180 g/mol. The van der Waals surface area contributed by atoms with E-state index in [0.717, 1.165) is 5.92 Å². The summed E-state index contributed by atoms with van der Waals surface area (Å²) in [5.41, 5.74) is 1.22. The summed E-state index contributed by atoms with van der Waals surface area (Å²) in [7, 11) is 0. The fourth-order valence-corrected chi connectivity index (χ4v) is 3.26. The molecule has 0 aromatic carbocycles. The summed E-state index contributed by atoms with van der Waals surface area (Å²) in [6, 6.07) is 0. The van der Waals surface area contributed by atoms with Crippen LogP contribution < -0.4 is 0 Å². The van der Waals surface area contributed by atoms with Gasteiger partial charge in [-0.1, -0.05) is 46.6 Å². The first kappa shape index (κ1) is 12.8. The molecule has 1 aliphatic rings. The Morgan fingerprint density at radius 2 is 2.13 bits per heavy atom. The van der Waals surface area contributed by atoms with Crippen molar-refractivity contribution in [3.05, 3.63) is 12.7 Å². The fourth-order valence-electron chi connectivity index (χ4n) is 3.26. The molecule has 0 radical (unpaired) electrons. The molecule has 1 aliphatic carbocycles. The lowest BCUT2D eigenvalue weighted by molar-refractivity contribution is 0.198. The third kappa shape index (κ3) is 3.09. The van der Waals surface area contributed by atoms with Gasteiger partial charge in [-0.05, 0) is 42.4 Å². The van der Waals surface area contributed by atoms with E-state index in [0.29, 0.717) is 10.8 Å². The molecule has 0 heteroatoms. The first-order valence-electron chi connectivity index (χ1n) is 6.60. The molecule has 3 atom stereocenters. The number of hydrogen-bond donors (Lipinski definition) is 0. The van der Waals surface area contributed by atoms with Gasteiger partial charge in [0.15, 0.2) is 0 Å². The van der Waals surface area contributed by atoms with Gasteiger partial charge in [0.05, 0.1) is 0 Å². The van der Waals surface area contributed by atoms with Gasteiger partial charge in [-0.25, -0.2) is 0 Å². The topological polar surface area (TPSA) is 0 Å². The highest BCUT2D eigenvalue weighted by Crippen LogP contribution is 2.61. The number of allylic oxidation sites excluding steroid dienone is 1. The Bertz CT molecular complexity index is 218. The molecule has 88 valence electrons. The van der Waals surface area contributed by atoms with Gasteiger partial charge in [0, 0.05) is 0 Å². The highest BCUT2D eigenvalue weighted by Gasteiger charge is 2.51. The molecule has 1 fully saturated rings. The SMILES string of the molecule is C=CCC1CC1(C)CC(C)(CC)CCC. The Labute approximate surface area is 96.2 Å². The highest BCUT2D eigenvalue weighted by molar-refractivity contribution is 5.03. The van der Waals surface area contributed by atoms with Crippen molar-refractivity contribution in [3.8, 4) is 0 Å². The van der Waals surface area contributed by atoms with Gasteiger partial charge in [0.25, 0.3) is 0 Å². The molecule has 0 aromatic rings. The van der Waals surface area contributed by atoms with E-state index in [9.17, 15) is 0 Å². The van der Waals surface area contributed by atoms with Crippen molar-refractivity contribution < 1.29 is 0 Å². The predicted molar refractivity (Wildman–Crippen MR) is 69.0 cm³/mol. The molecule has 0 aromatic heterocycles. The van der Waals surface area contributed by atoms with E-state index in [1.807, 2.05) is 0 Å². The smallest absolute Gasteiger partial charge is 0.0286 e. The second-order valence-electron chi connectivity index (χ2n) is 6.17. The highest BCUT2D eigenvalue weighted by atomic mass is 14.6. The van der Waals surface area contributed by atoms with Crippen LogP contribution in [-0.2, 0) is 0 Å². The Morgan fingerprint density at radius 3 is 2.60 bits per heavy atom. The van der Waals surface area contributed by atoms with E-state index in [4.69, 9.17) is 0 Å². The molecule has 1 rings (SSSR count). The summed E-state index contributed by atoms with van der Waals surface area (Å²) in [6.07, 6.45) is 10.2. The average Bonchev–Trinajstić information content (AvgIpc) is 2.77. The van der Waals surface area contributed by atoms with Crippen LogP contribution in [0, 0.1) is 16.7 Å². The van der Waals surface area contributed by atoms with Crippen LogP contribution in [0.4, 0.5) is 0 Å². The lowest BCUT2D eigenvalue weighted by Gasteiger charge is -2.31. The van der Waals surface area contributed by atoms with E-state index >= 15 is 0 Å². The summed E-state index contributed by atoms with van der Waals surface area (Å²) in [4.78, 5) is 0. The molecule has 0 saturated heterocycles. The van der Waals surface area contributed by atoms with Crippen LogP contribution in [0.5, 0.6) is 0 Å². The normalized spacial score (nSPS) is 33.5. The predicted octanol–water partition coefficient (Wildman–Crippen LogP) is 5.20. The molecule has 0 aliphatic heterocycles. The minimum atomic E-state index is 0.583. The van der Waals surface area contributed by atoms with Crippen molar-refractivity contribution in [2.24, 2.45) is 16.7 Å². The molecule has 0 spiro atoms. The quantitative estimate of drug-likeness (QED) is 0.505. The zero-order chi connectivity index (χ0) is 11.5. The maximum absolute atomic E-state index is 3.86. The minimum Gasteiger partial charge on any atom is -0.103 e. The monoisotopic (exact) mass is 208 g/mol. The van der Waals surface area contributed by atoms with Crippen LogP contribution in [0.25, 0.3) is 0 Å². The molecule has 0 bridgehead atoms. The number of rotatable bonds is 7. The van der Waals surface area contributed by atoms with Crippen LogP contribution in [-0.4, -0.2) is 0 Å². The van der Waals surface area contributed by atoms with Crippen LogP contribution in [0.1, 0.15) is 66.2 Å². The summed E-state index contributed by atoms with van der Waals surface area (Å²) >= 11 is 0. The first-order chi connectivity index (χ1) is 6.99. The van der Waals surface area contributed by atoms with Crippen molar-refractivity contribution in [2.45, 2.75) is 66.2 Å². The van der Waals surface area contributed by atoms with Gasteiger partial charge >= 0.3 is 0 Å². The van der Waals surface area contributed by atoms with Crippen LogP contribution in [0.3, 0.4) is 0 Å². The van der Waals surface area contributed by atoms with E-state index in [1.165, 1.54) is 38.5 Å². The maximum atomic E-state index is 3.86. The van der Waals surface area contributed by atoms with E-state index in [2.05, 4.69) is 40.3 Å². The van der Waals surface area contributed by atoms with Gasteiger partial charge in [0.2, 0.25) is 0 Å². The Kier molecular flexibility index (Phi) is 4.03. The van der Waals surface area contributed by atoms with Gasteiger partial charge in [0.1, 0.15) is 0 Å². The van der Waals surface area contributed by atoms with Crippen molar-refractivity contribution in [2.75, 3.05) is 0 Å². The minimum absolute atomic E-state index is 0.583. The van der Waals surface area contributed by atoms with Crippen LogP contribution >= 0.6 is 0 Å². The second kappa shape index (κ2) is 4.72. The summed E-state index contributed by atoms with van der Waals surface area (Å²) in [5.74, 6) is 0.928. The molecular formula is C15H28. The zero-order valence-corrected chi connectivity index (χ0v) is 11.1. The van der Waals surface area contributed by atoms with E-state index < -0.39 is 0 Å². The maximum Gasteiger partial charge on any atom is -0.0286 e. The summed E-state index contributed by atoms with van der Waals surface area (Å²) in [6.45, 7) is 13.5. The number of hydrogen-bond acceptors (Lipinski definition) is 0. The molecule has 0 heterocycles. The van der Waals surface area contributed by atoms with E-state index in [1.54, 1.807) is 0 Å². The van der Waals surface area contributed by atoms with Crippen molar-refractivity contribution >= 4 is 0 Å². The molecule has 0 amide bonds. The first-order valence-corrected chi connectivity index (χ1v) is 6.60.